The number of anilines is 2. The molecule has 1 aromatic heterocycles. The Hall–Kier alpha value is -2.45. The quantitative estimate of drug-likeness (QED) is 0.744. The smallest absolute Gasteiger partial charge is 0.235 e. The molecule has 0 saturated carbocycles. The Balaban J connectivity index is 1.54. The standard InChI is InChI=1S/C23H30N4O3S/c1-2-31(29,30)27-16-12-23(13-17-27,19-8-4-3-5-9-19)22(28)25-20-10-11-21(24-18-20)26-14-6-7-15-26/h3-5,8-11,18H,2,6-7,12-17H2,1H3,(H,25,28). The highest BCUT2D eigenvalue weighted by molar-refractivity contribution is 7.89. The van der Waals surface area contributed by atoms with Crippen LogP contribution >= 0.6 is 0 Å². The third-order valence-corrected chi connectivity index (χ3v) is 8.41. The number of rotatable bonds is 6. The third kappa shape index (κ3) is 4.45. The molecule has 1 aromatic carbocycles. The zero-order chi connectivity index (χ0) is 21.9. The summed E-state index contributed by atoms with van der Waals surface area (Å²) >= 11 is 0. The number of aromatic nitrogens is 1. The monoisotopic (exact) mass is 442 g/mol. The minimum absolute atomic E-state index is 0.0760. The number of nitrogens with one attached hydrogen (secondary N) is 1. The molecule has 2 fully saturated rings. The van der Waals surface area contributed by atoms with Crippen LogP contribution in [0.2, 0.25) is 0 Å². The maximum Gasteiger partial charge on any atom is 0.235 e. The number of carbonyl (C=O) groups is 1. The second kappa shape index (κ2) is 8.96. The van der Waals surface area contributed by atoms with E-state index in [1.54, 1.807) is 13.1 Å². The van der Waals surface area contributed by atoms with Gasteiger partial charge in [-0.2, -0.15) is 0 Å². The maximum atomic E-state index is 13.5. The highest BCUT2D eigenvalue weighted by atomic mass is 32.2. The van der Waals surface area contributed by atoms with Crippen LogP contribution in [-0.2, 0) is 20.2 Å². The molecule has 1 amide bonds. The van der Waals surface area contributed by atoms with Crippen molar-refractivity contribution < 1.29 is 13.2 Å². The van der Waals surface area contributed by atoms with Crippen molar-refractivity contribution in [1.82, 2.24) is 9.29 Å². The Kier molecular flexibility index (Phi) is 6.29. The average molecular weight is 443 g/mol. The molecule has 2 aliphatic rings. The fraction of sp³-hybridized carbons (Fsp3) is 0.478. The Morgan fingerprint density at radius 2 is 1.71 bits per heavy atom. The van der Waals surface area contributed by atoms with Crippen LogP contribution < -0.4 is 10.2 Å². The van der Waals surface area contributed by atoms with Crippen molar-refractivity contribution in [3.63, 3.8) is 0 Å². The molecular formula is C23H30N4O3S. The van der Waals surface area contributed by atoms with E-state index in [2.05, 4.69) is 15.2 Å². The molecule has 31 heavy (non-hydrogen) atoms. The number of benzene rings is 1. The summed E-state index contributed by atoms with van der Waals surface area (Å²) < 4.78 is 26.1. The summed E-state index contributed by atoms with van der Waals surface area (Å²) in [7, 11) is -3.26. The molecule has 0 bridgehead atoms. The summed E-state index contributed by atoms with van der Waals surface area (Å²) in [4.78, 5) is 20.3. The van der Waals surface area contributed by atoms with Gasteiger partial charge in [0.05, 0.1) is 23.1 Å². The van der Waals surface area contributed by atoms with E-state index in [0.717, 1.165) is 24.5 Å². The fourth-order valence-electron chi connectivity index (χ4n) is 4.58. The number of sulfonamides is 1. The van der Waals surface area contributed by atoms with Crippen LogP contribution in [0.4, 0.5) is 11.5 Å². The highest BCUT2D eigenvalue weighted by Crippen LogP contribution is 2.37. The van der Waals surface area contributed by atoms with Crippen LogP contribution in [-0.4, -0.2) is 55.5 Å². The minimum Gasteiger partial charge on any atom is -0.357 e. The van der Waals surface area contributed by atoms with Gasteiger partial charge in [0.15, 0.2) is 0 Å². The number of carbonyl (C=O) groups excluding carboxylic acids is 1. The first-order valence-corrected chi connectivity index (χ1v) is 12.6. The van der Waals surface area contributed by atoms with Crippen LogP contribution in [0.25, 0.3) is 0 Å². The SMILES string of the molecule is CCS(=O)(=O)N1CCC(C(=O)Nc2ccc(N3CCCC3)nc2)(c2ccccc2)CC1. The van der Waals surface area contributed by atoms with Gasteiger partial charge in [0.2, 0.25) is 15.9 Å². The Labute approximate surface area is 184 Å². The Morgan fingerprint density at radius 3 is 2.29 bits per heavy atom. The van der Waals surface area contributed by atoms with Crippen LogP contribution in [0.1, 0.15) is 38.2 Å². The zero-order valence-corrected chi connectivity index (χ0v) is 18.8. The van der Waals surface area contributed by atoms with Crippen molar-refractivity contribution in [2.75, 3.05) is 42.1 Å². The van der Waals surface area contributed by atoms with Crippen molar-refractivity contribution in [3.8, 4) is 0 Å². The van der Waals surface area contributed by atoms with Gasteiger partial charge in [-0.3, -0.25) is 4.79 Å². The van der Waals surface area contributed by atoms with Gasteiger partial charge in [-0.1, -0.05) is 30.3 Å². The predicted molar refractivity (Wildman–Crippen MR) is 123 cm³/mol. The van der Waals surface area contributed by atoms with Crippen LogP contribution in [0.15, 0.2) is 48.7 Å². The van der Waals surface area contributed by atoms with Gasteiger partial charge in [-0.25, -0.2) is 17.7 Å². The highest BCUT2D eigenvalue weighted by Gasteiger charge is 2.44. The largest absolute Gasteiger partial charge is 0.357 e. The predicted octanol–water partition coefficient (Wildman–Crippen LogP) is 3.00. The Bertz CT molecular complexity index is 995. The lowest BCUT2D eigenvalue weighted by Gasteiger charge is -2.40. The third-order valence-electron chi connectivity index (χ3n) is 6.53. The first-order chi connectivity index (χ1) is 14.9. The molecule has 8 heteroatoms. The van der Waals surface area contributed by atoms with Gasteiger partial charge >= 0.3 is 0 Å². The molecule has 0 atom stereocenters. The normalized spacial score (nSPS) is 19.3. The number of amides is 1. The summed E-state index contributed by atoms with van der Waals surface area (Å²) in [6, 6.07) is 13.5. The van der Waals surface area contributed by atoms with Gasteiger partial charge in [0.1, 0.15) is 5.82 Å². The van der Waals surface area contributed by atoms with E-state index < -0.39 is 15.4 Å². The van der Waals surface area contributed by atoms with Gasteiger partial charge in [-0.15, -0.1) is 0 Å². The minimum atomic E-state index is -3.26. The van der Waals surface area contributed by atoms with Gasteiger partial charge in [0.25, 0.3) is 0 Å². The van der Waals surface area contributed by atoms with Crippen molar-refractivity contribution >= 4 is 27.4 Å². The molecular weight excluding hydrogens is 412 g/mol. The molecule has 0 aliphatic carbocycles. The summed E-state index contributed by atoms with van der Waals surface area (Å²) in [6.45, 7) is 4.37. The van der Waals surface area contributed by atoms with E-state index in [-0.39, 0.29) is 11.7 Å². The molecule has 0 spiro atoms. The van der Waals surface area contributed by atoms with Crippen LogP contribution in [0.3, 0.4) is 0 Å². The maximum absolute atomic E-state index is 13.5. The first kappa shape index (κ1) is 21.8. The van der Waals surface area contributed by atoms with E-state index in [0.29, 0.717) is 31.6 Å². The molecule has 0 unspecified atom stereocenters. The lowest BCUT2D eigenvalue weighted by atomic mass is 9.72. The summed E-state index contributed by atoms with van der Waals surface area (Å²) in [5, 5.41) is 3.05. The second-order valence-electron chi connectivity index (χ2n) is 8.30. The molecule has 2 saturated heterocycles. The lowest BCUT2D eigenvalue weighted by molar-refractivity contribution is -0.123. The van der Waals surface area contributed by atoms with Crippen molar-refractivity contribution in [3.05, 3.63) is 54.2 Å². The first-order valence-electron chi connectivity index (χ1n) is 11.0. The molecule has 4 rings (SSSR count). The number of hydrogen-bond acceptors (Lipinski definition) is 5. The van der Waals surface area contributed by atoms with Gasteiger partial charge in [0, 0.05) is 26.2 Å². The van der Waals surface area contributed by atoms with E-state index in [1.165, 1.54) is 17.1 Å². The molecule has 7 nitrogen and oxygen atoms in total. The Morgan fingerprint density at radius 1 is 1.03 bits per heavy atom. The van der Waals surface area contributed by atoms with E-state index in [1.807, 2.05) is 42.5 Å². The number of hydrogen-bond donors (Lipinski definition) is 1. The average Bonchev–Trinajstić information content (AvgIpc) is 3.35. The molecule has 2 aromatic rings. The molecule has 0 radical (unpaired) electrons. The summed E-state index contributed by atoms with van der Waals surface area (Å²) in [5.41, 5.74) is 0.809. The number of nitrogens with zero attached hydrogens (tertiary/aromatic N) is 3. The van der Waals surface area contributed by atoms with Crippen molar-refractivity contribution in [1.29, 1.82) is 0 Å². The second-order valence-corrected chi connectivity index (χ2v) is 10.6. The molecule has 166 valence electrons. The summed E-state index contributed by atoms with van der Waals surface area (Å²) in [5.74, 6) is 0.904. The topological polar surface area (TPSA) is 82.6 Å². The number of piperidine rings is 1. The zero-order valence-electron chi connectivity index (χ0n) is 18.0. The van der Waals surface area contributed by atoms with Crippen molar-refractivity contribution in [2.45, 2.75) is 38.0 Å². The molecule has 1 N–H and O–H groups in total. The summed E-state index contributed by atoms with van der Waals surface area (Å²) in [6.07, 6.45) is 4.97. The van der Waals surface area contributed by atoms with Crippen molar-refractivity contribution in [2.24, 2.45) is 0 Å². The van der Waals surface area contributed by atoms with E-state index >= 15 is 0 Å². The number of pyridine rings is 1. The van der Waals surface area contributed by atoms with Gasteiger partial charge < -0.3 is 10.2 Å². The molecule has 2 aliphatic heterocycles. The fourth-order valence-corrected chi connectivity index (χ4v) is 5.68. The van der Waals surface area contributed by atoms with E-state index in [4.69, 9.17) is 0 Å². The van der Waals surface area contributed by atoms with Crippen LogP contribution in [0.5, 0.6) is 0 Å². The lowest BCUT2D eigenvalue weighted by Crippen LogP contribution is -2.51. The van der Waals surface area contributed by atoms with E-state index in [9.17, 15) is 13.2 Å². The van der Waals surface area contributed by atoms with Gasteiger partial charge in [-0.05, 0) is 50.3 Å². The van der Waals surface area contributed by atoms with Crippen LogP contribution in [0, 0.1) is 0 Å². The molecule has 3 heterocycles.